The average molecular weight is 347 g/mol. The van der Waals surface area contributed by atoms with E-state index >= 15 is 0 Å². The van der Waals surface area contributed by atoms with Gasteiger partial charge in [0.2, 0.25) is 0 Å². The van der Waals surface area contributed by atoms with Crippen molar-refractivity contribution in [2.75, 3.05) is 13.1 Å². The normalized spacial score (nSPS) is 23.8. The van der Waals surface area contributed by atoms with E-state index in [0.29, 0.717) is 5.69 Å². The van der Waals surface area contributed by atoms with E-state index in [9.17, 15) is 4.79 Å². The molecule has 1 aliphatic rings. The summed E-state index contributed by atoms with van der Waals surface area (Å²) < 4.78 is 1.05. The Labute approximate surface area is 115 Å². The van der Waals surface area contributed by atoms with Crippen molar-refractivity contribution in [3.05, 3.63) is 21.5 Å². The number of likely N-dealkylation sites (tertiary alicyclic amines) is 1. The first-order valence-electron chi connectivity index (χ1n) is 5.79. The number of hydrogen-bond donors (Lipinski definition) is 2. The summed E-state index contributed by atoms with van der Waals surface area (Å²) in [5, 5.41) is 0. The summed E-state index contributed by atoms with van der Waals surface area (Å²) in [7, 11) is 0. The van der Waals surface area contributed by atoms with Crippen LogP contribution in [0.15, 0.2) is 12.3 Å². The highest BCUT2D eigenvalue weighted by Gasteiger charge is 2.35. The number of aromatic amines is 1. The molecule has 3 N–H and O–H groups in total. The Hall–Kier alpha value is -0.560. The van der Waals surface area contributed by atoms with Crippen LogP contribution in [0.4, 0.5) is 0 Å². The maximum absolute atomic E-state index is 12.3. The number of halogens is 1. The molecule has 1 unspecified atom stereocenters. The van der Waals surface area contributed by atoms with Crippen molar-refractivity contribution < 1.29 is 4.79 Å². The monoisotopic (exact) mass is 347 g/mol. The van der Waals surface area contributed by atoms with E-state index in [2.05, 4.69) is 41.4 Å². The Morgan fingerprint density at radius 2 is 2.35 bits per heavy atom. The van der Waals surface area contributed by atoms with Gasteiger partial charge in [0.05, 0.1) is 0 Å². The molecule has 2 heterocycles. The fourth-order valence-electron chi connectivity index (χ4n) is 2.21. The minimum absolute atomic E-state index is 0.00629. The molecule has 0 radical (unpaired) electrons. The lowest BCUT2D eigenvalue weighted by Gasteiger charge is -2.42. The molecule has 0 aromatic carbocycles. The molecule has 2 rings (SSSR count). The largest absolute Gasteiger partial charge is 0.356 e. The summed E-state index contributed by atoms with van der Waals surface area (Å²) in [6, 6.07) is 2.06. The molecule has 1 atom stereocenters. The lowest BCUT2D eigenvalue weighted by atomic mass is 9.79. The summed E-state index contributed by atoms with van der Waals surface area (Å²) in [5.74, 6) is 0.0768. The summed E-state index contributed by atoms with van der Waals surface area (Å²) in [5.41, 5.74) is 6.73. The zero-order valence-corrected chi connectivity index (χ0v) is 12.3. The number of aromatic nitrogens is 1. The number of carbonyl (C=O) groups excluding carboxylic acids is 1. The Bertz CT molecular complexity index is 427. The molecule has 0 aliphatic carbocycles. The maximum Gasteiger partial charge on any atom is 0.270 e. The molecular formula is C12H18IN3O. The molecule has 5 heteroatoms. The minimum atomic E-state index is -0.00629. The summed E-state index contributed by atoms with van der Waals surface area (Å²) in [6.07, 6.45) is 2.71. The fourth-order valence-corrected chi connectivity index (χ4v) is 2.68. The van der Waals surface area contributed by atoms with Crippen LogP contribution in [0.25, 0.3) is 0 Å². The van der Waals surface area contributed by atoms with Gasteiger partial charge in [0.15, 0.2) is 0 Å². The predicted molar refractivity (Wildman–Crippen MR) is 75.8 cm³/mol. The van der Waals surface area contributed by atoms with Crippen molar-refractivity contribution >= 4 is 28.5 Å². The van der Waals surface area contributed by atoms with Gasteiger partial charge in [-0.05, 0) is 40.5 Å². The SMILES string of the molecule is CC1(C)CN(C(=O)c2cc(I)c[nH]2)CCC1N. The highest BCUT2D eigenvalue weighted by Crippen LogP contribution is 2.28. The molecule has 1 amide bonds. The second-order valence-corrected chi connectivity index (χ2v) is 6.59. The van der Waals surface area contributed by atoms with Gasteiger partial charge in [0.1, 0.15) is 5.69 Å². The first-order chi connectivity index (χ1) is 7.90. The van der Waals surface area contributed by atoms with Crippen LogP contribution in [0.2, 0.25) is 0 Å². The topological polar surface area (TPSA) is 62.1 Å². The molecule has 1 aromatic heterocycles. The Morgan fingerprint density at radius 3 is 2.88 bits per heavy atom. The van der Waals surface area contributed by atoms with E-state index in [4.69, 9.17) is 5.73 Å². The van der Waals surface area contributed by atoms with Gasteiger partial charge < -0.3 is 15.6 Å². The third-order valence-electron chi connectivity index (χ3n) is 3.48. The van der Waals surface area contributed by atoms with Gasteiger partial charge in [0, 0.05) is 28.9 Å². The number of rotatable bonds is 1. The van der Waals surface area contributed by atoms with E-state index in [0.717, 1.165) is 23.1 Å². The Morgan fingerprint density at radius 1 is 1.65 bits per heavy atom. The van der Waals surface area contributed by atoms with E-state index in [-0.39, 0.29) is 17.4 Å². The molecule has 1 saturated heterocycles. The first-order valence-corrected chi connectivity index (χ1v) is 6.87. The van der Waals surface area contributed by atoms with Crippen molar-refractivity contribution in [2.24, 2.45) is 11.1 Å². The Kier molecular flexibility index (Phi) is 3.49. The van der Waals surface area contributed by atoms with Crippen molar-refractivity contribution in [1.29, 1.82) is 0 Å². The molecule has 0 bridgehead atoms. The summed E-state index contributed by atoms with van der Waals surface area (Å²) in [6.45, 7) is 5.72. The van der Waals surface area contributed by atoms with E-state index < -0.39 is 0 Å². The molecule has 4 nitrogen and oxygen atoms in total. The lowest BCUT2D eigenvalue weighted by molar-refractivity contribution is 0.0528. The average Bonchev–Trinajstić information content (AvgIpc) is 2.68. The Balaban J connectivity index is 2.11. The second kappa shape index (κ2) is 4.61. The van der Waals surface area contributed by atoms with Gasteiger partial charge in [-0.2, -0.15) is 0 Å². The molecule has 17 heavy (non-hydrogen) atoms. The molecule has 1 aromatic rings. The standard InChI is InChI=1S/C12H18IN3O/c1-12(2)7-16(4-3-10(12)14)11(17)9-5-8(13)6-15-9/h5-6,10,15H,3-4,7,14H2,1-2H3. The van der Waals surface area contributed by atoms with Crippen LogP contribution in [-0.2, 0) is 0 Å². The summed E-state index contributed by atoms with van der Waals surface area (Å²) >= 11 is 2.19. The molecule has 1 aliphatic heterocycles. The van der Waals surface area contributed by atoms with Gasteiger partial charge in [-0.1, -0.05) is 13.8 Å². The van der Waals surface area contributed by atoms with Crippen LogP contribution < -0.4 is 5.73 Å². The van der Waals surface area contributed by atoms with Gasteiger partial charge in [-0.25, -0.2) is 0 Å². The molecule has 0 saturated carbocycles. The number of nitrogens with one attached hydrogen (secondary N) is 1. The number of H-pyrrole nitrogens is 1. The van der Waals surface area contributed by atoms with Crippen molar-refractivity contribution in [1.82, 2.24) is 9.88 Å². The minimum Gasteiger partial charge on any atom is -0.356 e. The number of carbonyl (C=O) groups is 1. The smallest absolute Gasteiger partial charge is 0.270 e. The number of nitrogens with zero attached hydrogens (tertiary/aromatic N) is 1. The van der Waals surface area contributed by atoms with Crippen molar-refractivity contribution in [3.8, 4) is 0 Å². The highest BCUT2D eigenvalue weighted by molar-refractivity contribution is 14.1. The van der Waals surface area contributed by atoms with Gasteiger partial charge in [-0.3, -0.25) is 4.79 Å². The van der Waals surface area contributed by atoms with Crippen LogP contribution in [0.5, 0.6) is 0 Å². The lowest BCUT2D eigenvalue weighted by Crippen LogP contribution is -2.54. The zero-order chi connectivity index (χ0) is 12.6. The number of nitrogens with two attached hydrogens (primary N) is 1. The quantitative estimate of drug-likeness (QED) is 0.762. The molecular weight excluding hydrogens is 329 g/mol. The van der Waals surface area contributed by atoms with E-state index in [1.807, 2.05) is 17.2 Å². The zero-order valence-electron chi connectivity index (χ0n) is 10.2. The maximum atomic E-state index is 12.3. The van der Waals surface area contributed by atoms with E-state index in [1.165, 1.54) is 0 Å². The van der Waals surface area contributed by atoms with Gasteiger partial charge >= 0.3 is 0 Å². The first kappa shape index (κ1) is 12.9. The van der Waals surface area contributed by atoms with Crippen LogP contribution in [0.1, 0.15) is 30.8 Å². The molecule has 1 fully saturated rings. The molecule has 0 spiro atoms. The highest BCUT2D eigenvalue weighted by atomic mass is 127. The predicted octanol–water partition coefficient (Wildman–Crippen LogP) is 1.82. The summed E-state index contributed by atoms with van der Waals surface area (Å²) in [4.78, 5) is 17.2. The van der Waals surface area contributed by atoms with Crippen molar-refractivity contribution in [2.45, 2.75) is 26.3 Å². The van der Waals surface area contributed by atoms with Gasteiger partial charge in [-0.15, -0.1) is 0 Å². The second-order valence-electron chi connectivity index (χ2n) is 5.34. The van der Waals surface area contributed by atoms with Crippen LogP contribution in [0.3, 0.4) is 0 Å². The van der Waals surface area contributed by atoms with Crippen molar-refractivity contribution in [3.63, 3.8) is 0 Å². The van der Waals surface area contributed by atoms with Gasteiger partial charge in [0.25, 0.3) is 5.91 Å². The van der Waals surface area contributed by atoms with Crippen LogP contribution in [0, 0.1) is 8.99 Å². The third-order valence-corrected chi connectivity index (χ3v) is 4.10. The third kappa shape index (κ3) is 2.65. The molecule has 94 valence electrons. The number of hydrogen-bond acceptors (Lipinski definition) is 2. The van der Waals surface area contributed by atoms with E-state index in [1.54, 1.807) is 0 Å². The number of piperidine rings is 1. The number of amides is 1. The fraction of sp³-hybridized carbons (Fsp3) is 0.583. The van der Waals surface area contributed by atoms with Crippen LogP contribution >= 0.6 is 22.6 Å². The van der Waals surface area contributed by atoms with Crippen LogP contribution in [-0.4, -0.2) is 34.9 Å².